The van der Waals surface area contributed by atoms with E-state index in [9.17, 15) is 4.79 Å². The molecule has 3 atom stereocenters. The van der Waals surface area contributed by atoms with E-state index in [1.165, 1.54) is 5.56 Å². The maximum absolute atomic E-state index is 12.3. The monoisotopic (exact) mass is 275 g/mol. The van der Waals surface area contributed by atoms with Crippen molar-refractivity contribution in [2.75, 3.05) is 13.2 Å². The molecule has 3 unspecified atom stereocenters. The Balaban J connectivity index is 1.65. The minimum Gasteiger partial charge on any atom is -0.373 e. The normalized spacial score (nSPS) is 29.1. The Morgan fingerprint density at radius 3 is 2.95 bits per heavy atom. The van der Waals surface area contributed by atoms with Crippen molar-refractivity contribution in [3.05, 3.63) is 35.4 Å². The van der Waals surface area contributed by atoms with Gasteiger partial charge in [0.05, 0.1) is 18.8 Å². The van der Waals surface area contributed by atoms with Crippen LogP contribution in [0.3, 0.4) is 0 Å². The number of carbonyl (C=O) groups excluding carboxylic acids is 1. The molecule has 0 radical (unpaired) electrons. The van der Waals surface area contributed by atoms with E-state index < -0.39 is 0 Å². The summed E-state index contributed by atoms with van der Waals surface area (Å²) in [4.78, 5) is 12.3. The summed E-state index contributed by atoms with van der Waals surface area (Å²) in [5, 5.41) is 0. The van der Waals surface area contributed by atoms with Crippen LogP contribution >= 0.6 is 0 Å². The molecular weight excluding hydrogens is 254 g/mol. The van der Waals surface area contributed by atoms with Crippen LogP contribution in [0.4, 0.5) is 0 Å². The zero-order chi connectivity index (χ0) is 13.9. The van der Waals surface area contributed by atoms with Crippen molar-refractivity contribution in [2.24, 2.45) is 5.73 Å². The first-order valence-corrected chi connectivity index (χ1v) is 7.35. The lowest BCUT2D eigenvalue weighted by atomic mass is 9.93. The number of Topliss-reactive ketones (excluding diaryl/α,β-unsaturated/α-hetero) is 1. The van der Waals surface area contributed by atoms with E-state index in [1.807, 2.05) is 12.1 Å². The Morgan fingerprint density at radius 2 is 2.15 bits per heavy atom. The minimum atomic E-state index is -0.291. The Morgan fingerprint density at radius 1 is 1.30 bits per heavy atom. The maximum atomic E-state index is 12.3. The van der Waals surface area contributed by atoms with Crippen LogP contribution in [0.5, 0.6) is 0 Å². The fourth-order valence-electron chi connectivity index (χ4n) is 3.08. The van der Waals surface area contributed by atoms with Gasteiger partial charge in [0.2, 0.25) is 0 Å². The third-order valence-electron chi connectivity index (χ3n) is 4.21. The first-order valence-electron chi connectivity index (χ1n) is 7.35. The van der Waals surface area contributed by atoms with Gasteiger partial charge in [-0.3, -0.25) is 4.79 Å². The standard InChI is InChI=1S/C16H21NO3/c17-10-12-5-6-15(20-12)14(18)9-16-13-4-2-1-3-11(13)7-8-19-16/h1-4,12,15-16H,5-10,17H2. The summed E-state index contributed by atoms with van der Waals surface area (Å²) in [5.41, 5.74) is 8.03. The number of fused-ring (bicyclic) bond motifs is 1. The average molecular weight is 275 g/mol. The zero-order valence-electron chi connectivity index (χ0n) is 11.6. The molecule has 108 valence electrons. The molecule has 2 aliphatic rings. The van der Waals surface area contributed by atoms with Crippen LogP contribution in [-0.2, 0) is 20.7 Å². The van der Waals surface area contributed by atoms with Crippen molar-refractivity contribution in [3.63, 3.8) is 0 Å². The first kappa shape index (κ1) is 13.7. The highest BCUT2D eigenvalue weighted by Gasteiger charge is 2.32. The predicted molar refractivity (Wildman–Crippen MR) is 75.4 cm³/mol. The fourth-order valence-corrected chi connectivity index (χ4v) is 3.08. The van der Waals surface area contributed by atoms with Gasteiger partial charge in [0, 0.05) is 13.0 Å². The predicted octanol–water partition coefficient (Wildman–Crippen LogP) is 1.77. The second kappa shape index (κ2) is 6.04. The number of rotatable bonds is 4. The zero-order valence-corrected chi connectivity index (χ0v) is 11.6. The van der Waals surface area contributed by atoms with Gasteiger partial charge < -0.3 is 15.2 Å². The molecule has 2 aliphatic heterocycles. The summed E-state index contributed by atoms with van der Waals surface area (Å²) >= 11 is 0. The third kappa shape index (κ3) is 2.77. The summed E-state index contributed by atoms with van der Waals surface area (Å²) < 4.78 is 11.5. The lowest BCUT2D eigenvalue weighted by molar-refractivity contribution is -0.133. The molecule has 1 aromatic rings. The number of ether oxygens (including phenoxy) is 2. The van der Waals surface area contributed by atoms with E-state index in [-0.39, 0.29) is 24.1 Å². The molecule has 2 heterocycles. The quantitative estimate of drug-likeness (QED) is 0.909. The molecule has 4 nitrogen and oxygen atoms in total. The van der Waals surface area contributed by atoms with E-state index in [4.69, 9.17) is 15.2 Å². The third-order valence-corrected chi connectivity index (χ3v) is 4.21. The molecule has 3 rings (SSSR count). The van der Waals surface area contributed by atoms with Crippen molar-refractivity contribution in [3.8, 4) is 0 Å². The van der Waals surface area contributed by atoms with E-state index >= 15 is 0 Å². The molecule has 0 aromatic heterocycles. The molecule has 1 aromatic carbocycles. The molecule has 20 heavy (non-hydrogen) atoms. The number of carbonyl (C=O) groups is 1. The second-order valence-electron chi connectivity index (χ2n) is 5.54. The van der Waals surface area contributed by atoms with E-state index in [0.29, 0.717) is 19.6 Å². The van der Waals surface area contributed by atoms with Gasteiger partial charge in [-0.2, -0.15) is 0 Å². The Labute approximate surface area is 119 Å². The topological polar surface area (TPSA) is 61.6 Å². The number of hydrogen-bond acceptors (Lipinski definition) is 4. The van der Waals surface area contributed by atoms with Crippen LogP contribution in [-0.4, -0.2) is 31.1 Å². The minimum absolute atomic E-state index is 0.0449. The van der Waals surface area contributed by atoms with Gasteiger partial charge in [-0.05, 0) is 30.4 Å². The van der Waals surface area contributed by atoms with Crippen LogP contribution in [0.15, 0.2) is 24.3 Å². The highest BCUT2D eigenvalue weighted by Crippen LogP contribution is 2.31. The Kier molecular flexibility index (Phi) is 4.15. The van der Waals surface area contributed by atoms with Gasteiger partial charge >= 0.3 is 0 Å². The van der Waals surface area contributed by atoms with Crippen molar-refractivity contribution in [1.29, 1.82) is 0 Å². The van der Waals surface area contributed by atoms with Crippen molar-refractivity contribution >= 4 is 5.78 Å². The SMILES string of the molecule is NCC1CCC(C(=O)CC2OCCc3ccccc32)O1. The Hall–Kier alpha value is -1.23. The summed E-state index contributed by atoms with van der Waals surface area (Å²) in [6.45, 7) is 1.18. The van der Waals surface area contributed by atoms with Gasteiger partial charge in [0.25, 0.3) is 0 Å². The maximum Gasteiger partial charge on any atom is 0.164 e. The van der Waals surface area contributed by atoms with E-state index in [2.05, 4.69) is 12.1 Å². The lowest BCUT2D eigenvalue weighted by Gasteiger charge is -2.26. The molecule has 0 aliphatic carbocycles. The number of nitrogens with two attached hydrogens (primary N) is 1. The molecule has 1 saturated heterocycles. The van der Waals surface area contributed by atoms with E-state index in [1.54, 1.807) is 0 Å². The molecule has 0 bridgehead atoms. The van der Waals surface area contributed by atoms with E-state index in [0.717, 1.165) is 24.8 Å². The highest BCUT2D eigenvalue weighted by molar-refractivity contribution is 5.84. The number of ketones is 1. The molecule has 0 saturated carbocycles. The van der Waals surface area contributed by atoms with Crippen LogP contribution in [0.1, 0.15) is 36.5 Å². The summed E-state index contributed by atoms with van der Waals surface area (Å²) in [5.74, 6) is 0.141. The summed E-state index contributed by atoms with van der Waals surface area (Å²) in [6, 6.07) is 8.22. The number of hydrogen-bond donors (Lipinski definition) is 1. The Bertz CT molecular complexity index is 488. The van der Waals surface area contributed by atoms with Crippen LogP contribution in [0, 0.1) is 0 Å². The highest BCUT2D eigenvalue weighted by atomic mass is 16.5. The molecule has 4 heteroatoms. The fraction of sp³-hybridized carbons (Fsp3) is 0.562. The molecule has 2 N–H and O–H groups in total. The summed E-state index contributed by atoms with van der Waals surface area (Å²) in [7, 11) is 0. The van der Waals surface area contributed by atoms with Crippen molar-refractivity contribution in [2.45, 2.75) is 44.0 Å². The van der Waals surface area contributed by atoms with Gasteiger partial charge in [0.1, 0.15) is 6.10 Å². The van der Waals surface area contributed by atoms with Gasteiger partial charge in [-0.1, -0.05) is 24.3 Å². The van der Waals surface area contributed by atoms with Crippen molar-refractivity contribution in [1.82, 2.24) is 0 Å². The largest absolute Gasteiger partial charge is 0.373 e. The van der Waals surface area contributed by atoms with Gasteiger partial charge in [0.15, 0.2) is 5.78 Å². The van der Waals surface area contributed by atoms with Crippen LogP contribution in [0.2, 0.25) is 0 Å². The van der Waals surface area contributed by atoms with Crippen molar-refractivity contribution < 1.29 is 14.3 Å². The van der Waals surface area contributed by atoms with Crippen LogP contribution < -0.4 is 5.73 Å². The number of benzene rings is 1. The lowest BCUT2D eigenvalue weighted by Crippen LogP contribution is -2.28. The molecule has 0 spiro atoms. The smallest absolute Gasteiger partial charge is 0.164 e. The molecule has 0 amide bonds. The van der Waals surface area contributed by atoms with Gasteiger partial charge in [-0.15, -0.1) is 0 Å². The average Bonchev–Trinajstić information content (AvgIpc) is 2.97. The second-order valence-corrected chi connectivity index (χ2v) is 5.54. The molecular formula is C16H21NO3. The summed E-state index contributed by atoms with van der Waals surface area (Å²) in [6.07, 6.45) is 2.64. The van der Waals surface area contributed by atoms with Gasteiger partial charge in [-0.25, -0.2) is 0 Å². The van der Waals surface area contributed by atoms with Crippen LogP contribution in [0.25, 0.3) is 0 Å². The molecule has 1 fully saturated rings. The first-order chi connectivity index (χ1) is 9.78.